The first-order valence-electron chi connectivity index (χ1n) is 8.68. The standard InChI is InChI=1S/C11H12N2O.C5H12.2C2H6.CH4/c1-3-10-12-9-7-5-4-6-8(9)11(14)13(10)2;1-5(2,3)4;2*1-2;/h4-7H,3H2,1-2H3;1-4H3;2*1-2H3;1H4. The summed E-state index contributed by atoms with van der Waals surface area (Å²) in [5.41, 5.74) is 1.32. The lowest BCUT2D eigenvalue weighted by Crippen LogP contribution is -2.21. The number of aromatic nitrogens is 2. The van der Waals surface area contributed by atoms with Crippen molar-refractivity contribution in [3.8, 4) is 0 Å². The molecule has 2 rings (SSSR count). The van der Waals surface area contributed by atoms with Crippen molar-refractivity contribution in [1.82, 2.24) is 9.55 Å². The van der Waals surface area contributed by atoms with Gasteiger partial charge in [-0.05, 0) is 17.5 Å². The van der Waals surface area contributed by atoms with Crippen molar-refractivity contribution >= 4 is 10.9 Å². The first-order valence-corrected chi connectivity index (χ1v) is 8.68. The van der Waals surface area contributed by atoms with E-state index < -0.39 is 0 Å². The van der Waals surface area contributed by atoms with Crippen LogP contribution in [0.4, 0.5) is 0 Å². The number of hydrogen-bond donors (Lipinski definition) is 0. The molecular weight excluding hydrogens is 296 g/mol. The van der Waals surface area contributed by atoms with E-state index in [1.165, 1.54) is 0 Å². The zero-order valence-electron chi connectivity index (χ0n) is 16.8. The Labute approximate surface area is 150 Å². The highest BCUT2D eigenvalue weighted by molar-refractivity contribution is 5.77. The number of rotatable bonds is 1. The summed E-state index contributed by atoms with van der Waals surface area (Å²) in [6, 6.07) is 7.44. The van der Waals surface area contributed by atoms with Crippen LogP contribution in [0, 0.1) is 5.41 Å². The van der Waals surface area contributed by atoms with Crippen LogP contribution in [0.25, 0.3) is 10.9 Å². The van der Waals surface area contributed by atoms with E-state index in [2.05, 4.69) is 32.7 Å². The van der Waals surface area contributed by atoms with Crippen LogP contribution >= 0.6 is 0 Å². The van der Waals surface area contributed by atoms with Gasteiger partial charge in [0.25, 0.3) is 5.56 Å². The van der Waals surface area contributed by atoms with Crippen molar-refractivity contribution in [1.29, 1.82) is 0 Å². The number of para-hydroxylation sites is 1. The van der Waals surface area contributed by atoms with Gasteiger partial charge in [-0.1, -0.05) is 81.9 Å². The molecule has 3 nitrogen and oxygen atoms in total. The van der Waals surface area contributed by atoms with E-state index in [1.54, 1.807) is 11.6 Å². The molecule has 0 unspecified atom stereocenters. The number of benzene rings is 1. The summed E-state index contributed by atoms with van der Waals surface area (Å²) in [5, 5.41) is 0.687. The lowest BCUT2D eigenvalue weighted by Gasteiger charge is -2.06. The van der Waals surface area contributed by atoms with Crippen LogP contribution in [0.1, 0.15) is 75.6 Å². The molecule has 24 heavy (non-hydrogen) atoms. The predicted octanol–water partition coefficient (Wildman–Crippen LogP) is 6.24. The van der Waals surface area contributed by atoms with Crippen molar-refractivity contribution in [2.45, 2.75) is 76.2 Å². The van der Waals surface area contributed by atoms with Crippen molar-refractivity contribution < 1.29 is 0 Å². The number of hydrogen-bond acceptors (Lipinski definition) is 2. The average molecular weight is 337 g/mol. The summed E-state index contributed by atoms with van der Waals surface area (Å²) in [6.45, 7) is 18.7. The van der Waals surface area contributed by atoms with Crippen LogP contribution in [0.3, 0.4) is 0 Å². The molecule has 0 aliphatic heterocycles. The number of nitrogens with zero attached hydrogens (tertiary/aromatic N) is 2. The molecular formula is C21H40N2O. The first-order chi connectivity index (χ1) is 10.7. The van der Waals surface area contributed by atoms with Gasteiger partial charge in [0.2, 0.25) is 0 Å². The van der Waals surface area contributed by atoms with Crippen molar-refractivity contribution in [2.24, 2.45) is 12.5 Å². The fourth-order valence-corrected chi connectivity index (χ4v) is 1.58. The zero-order valence-corrected chi connectivity index (χ0v) is 16.8. The second kappa shape index (κ2) is 13.8. The number of aryl methyl sites for hydroxylation is 1. The van der Waals surface area contributed by atoms with E-state index in [0.717, 1.165) is 17.8 Å². The Bertz CT molecular complexity index is 601. The van der Waals surface area contributed by atoms with Crippen molar-refractivity contribution in [2.75, 3.05) is 0 Å². The molecule has 0 atom stereocenters. The maximum atomic E-state index is 11.8. The van der Waals surface area contributed by atoms with Gasteiger partial charge in [0, 0.05) is 13.5 Å². The van der Waals surface area contributed by atoms with Crippen LogP contribution in [0.2, 0.25) is 0 Å². The van der Waals surface area contributed by atoms with E-state index in [-0.39, 0.29) is 13.0 Å². The SMILES string of the molecule is C.CC.CC.CC(C)(C)C.CCc1nc2ccccc2c(=O)n1C. The van der Waals surface area contributed by atoms with Crippen LogP contribution in [-0.4, -0.2) is 9.55 Å². The second-order valence-electron chi connectivity index (χ2n) is 6.26. The van der Waals surface area contributed by atoms with Crippen LogP contribution < -0.4 is 5.56 Å². The Hall–Kier alpha value is -1.64. The van der Waals surface area contributed by atoms with Gasteiger partial charge < -0.3 is 0 Å². The lowest BCUT2D eigenvalue weighted by molar-refractivity contribution is 0.469. The summed E-state index contributed by atoms with van der Waals surface area (Å²) in [7, 11) is 1.76. The second-order valence-corrected chi connectivity index (χ2v) is 6.26. The molecule has 0 amide bonds. The van der Waals surface area contributed by atoms with Gasteiger partial charge in [-0.25, -0.2) is 4.98 Å². The summed E-state index contributed by atoms with van der Waals surface area (Å²) in [5.74, 6) is 0.828. The highest BCUT2D eigenvalue weighted by Crippen LogP contribution is 2.08. The molecule has 1 heterocycles. The van der Waals surface area contributed by atoms with E-state index in [9.17, 15) is 4.79 Å². The zero-order chi connectivity index (χ0) is 18.6. The van der Waals surface area contributed by atoms with Gasteiger partial charge in [0.15, 0.2) is 0 Å². The minimum atomic E-state index is 0. The van der Waals surface area contributed by atoms with Gasteiger partial charge in [-0.3, -0.25) is 9.36 Å². The topological polar surface area (TPSA) is 34.9 Å². The van der Waals surface area contributed by atoms with Gasteiger partial charge in [-0.15, -0.1) is 0 Å². The summed E-state index contributed by atoms with van der Waals surface area (Å²) in [4.78, 5) is 16.2. The van der Waals surface area contributed by atoms with E-state index in [4.69, 9.17) is 0 Å². The molecule has 1 aromatic heterocycles. The first kappa shape index (κ1) is 27.2. The minimum absolute atomic E-state index is 0. The van der Waals surface area contributed by atoms with Crippen LogP contribution in [0.15, 0.2) is 29.1 Å². The molecule has 0 N–H and O–H groups in total. The molecule has 0 aliphatic carbocycles. The Kier molecular flexibility index (Phi) is 15.6. The van der Waals surface area contributed by atoms with Crippen LogP contribution in [-0.2, 0) is 13.5 Å². The summed E-state index contributed by atoms with van der Waals surface area (Å²) < 4.78 is 1.61. The van der Waals surface area contributed by atoms with E-state index in [0.29, 0.717) is 10.8 Å². The highest BCUT2D eigenvalue weighted by atomic mass is 16.1. The van der Waals surface area contributed by atoms with Crippen molar-refractivity contribution in [3.05, 3.63) is 40.4 Å². The maximum absolute atomic E-state index is 11.8. The van der Waals surface area contributed by atoms with Gasteiger partial charge in [-0.2, -0.15) is 0 Å². The molecule has 0 aliphatic rings. The quantitative estimate of drug-likeness (QED) is 0.618. The van der Waals surface area contributed by atoms with Crippen LogP contribution in [0.5, 0.6) is 0 Å². The van der Waals surface area contributed by atoms with Gasteiger partial charge in [0.05, 0.1) is 10.9 Å². The largest absolute Gasteiger partial charge is 0.299 e. The monoisotopic (exact) mass is 336 g/mol. The van der Waals surface area contributed by atoms with Gasteiger partial charge >= 0.3 is 0 Å². The molecule has 3 heteroatoms. The molecule has 0 bridgehead atoms. The molecule has 0 fully saturated rings. The molecule has 0 saturated carbocycles. The fourth-order valence-electron chi connectivity index (χ4n) is 1.58. The van der Waals surface area contributed by atoms with Crippen molar-refractivity contribution in [3.63, 3.8) is 0 Å². The Morgan fingerprint density at radius 3 is 1.83 bits per heavy atom. The Morgan fingerprint density at radius 1 is 1.00 bits per heavy atom. The molecule has 140 valence electrons. The highest BCUT2D eigenvalue weighted by Gasteiger charge is 2.04. The average Bonchev–Trinajstić information content (AvgIpc) is 2.53. The predicted molar refractivity (Wildman–Crippen MR) is 111 cm³/mol. The normalized spacial score (nSPS) is 9.25. The molecule has 0 saturated heterocycles. The molecule has 2 aromatic rings. The minimum Gasteiger partial charge on any atom is -0.299 e. The Morgan fingerprint density at radius 2 is 1.42 bits per heavy atom. The fraction of sp³-hybridized carbons (Fsp3) is 0.619. The summed E-state index contributed by atoms with van der Waals surface area (Å²) in [6.07, 6.45) is 0.774. The van der Waals surface area contributed by atoms with Gasteiger partial charge in [0.1, 0.15) is 5.82 Å². The molecule has 0 spiro atoms. The Balaban J connectivity index is -0.000000378. The third kappa shape index (κ3) is 10.2. The maximum Gasteiger partial charge on any atom is 0.261 e. The molecule has 1 aromatic carbocycles. The third-order valence-corrected chi connectivity index (χ3v) is 2.39. The number of fused-ring (bicyclic) bond motifs is 1. The summed E-state index contributed by atoms with van der Waals surface area (Å²) >= 11 is 0. The van der Waals surface area contributed by atoms with E-state index >= 15 is 0 Å². The smallest absolute Gasteiger partial charge is 0.261 e. The van der Waals surface area contributed by atoms with E-state index in [1.807, 2.05) is 58.9 Å². The lowest BCUT2D eigenvalue weighted by atomic mass is 10.0. The third-order valence-electron chi connectivity index (χ3n) is 2.39. The molecule has 0 radical (unpaired) electrons.